The highest BCUT2D eigenvalue weighted by molar-refractivity contribution is 6.42. The van der Waals surface area contributed by atoms with Crippen molar-refractivity contribution in [3.63, 3.8) is 0 Å². The number of nitro benzene ring substituents is 1. The Labute approximate surface area is 123 Å². The number of carboxylic acid groups (broad SMARTS) is 1. The molecule has 7 nitrogen and oxygen atoms in total. The zero-order chi connectivity index (χ0) is 14.9. The van der Waals surface area contributed by atoms with Gasteiger partial charge in [-0.05, 0) is 6.07 Å². The summed E-state index contributed by atoms with van der Waals surface area (Å²) in [7, 11) is 0. The number of nitrogens with one attached hydrogen (secondary N) is 1. The van der Waals surface area contributed by atoms with Crippen molar-refractivity contribution < 1.29 is 19.6 Å². The van der Waals surface area contributed by atoms with Crippen LogP contribution in [0.2, 0.25) is 10.0 Å². The van der Waals surface area contributed by atoms with E-state index in [-0.39, 0.29) is 34.6 Å². The van der Waals surface area contributed by atoms with Crippen molar-refractivity contribution in [3.05, 3.63) is 32.3 Å². The molecule has 0 aromatic heterocycles. The molecule has 0 saturated carbocycles. The summed E-state index contributed by atoms with van der Waals surface area (Å²) < 4.78 is 5.09. The number of ether oxygens (including phenoxy) is 1. The number of benzene rings is 1. The van der Waals surface area contributed by atoms with Gasteiger partial charge < -0.3 is 15.2 Å². The molecule has 108 valence electrons. The molecule has 20 heavy (non-hydrogen) atoms. The van der Waals surface area contributed by atoms with Crippen LogP contribution in [-0.4, -0.2) is 35.3 Å². The Morgan fingerprint density at radius 3 is 2.65 bits per heavy atom. The third kappa shape index (κ3) is 2.95. The number of anilines is 1. The highest BCUT2D eigenvalue weighted by Crippen LogP contribution is 2.35. The standard InChI is InChI=1S/C11H10Cl2N2O5/c12-6-1-8(10(15(18)19)2-7(6)13)14-9-4-20-3-5(9)11(16)17/h1-2,5,9,14H,3-4H2,(H,16,17). The second-order valence-corrected chi connectivity index (χ2v) is 5.09. The molecule has 0 aliphatic carbocycles. The van der Waals surface area contributed by atoms with E-state index in [0.717, 1.165) is 6.07 Å². The van der Waals surface area contributed by atoms with Crippen LogP contribution in [-0.2, 0) is 9.53 Å². The number of aliphatic carboxylic acids is 1. The van der Waals surface area contributed by atoms with E-state index in [1.807, 2.05) is 0 Å². The fourth-order valence-electron chi connectivity index (χ4n) is 1.94. The van der Waals surface area contributed by atoms with Gasteiger partial charge >= 0.3 is 5.97 Å². The van der Waals surface area contributed by atoms with Crippen LogP contribution < -0.4 is 5.32 Å². The molecule has 0 amide bonds. The zero-order valence-electron chi connectivity index (χ0n) is 10.0. The molecule has 2 rings (SSSR count). The molecular weight excluding hydrogens is 311 g/mol. The summed E-state index contributed by atoms with van der Waals surface area (Å²) in [6.45, 7) is 0.205. The predicted octanol–water partition coefficient (Wildman–Crippen LogP) is 2.41. The monoisotopic (exact) mass is 320 g/mol. The van der Waals surface area contributed by atoms with Crippen LogP contribution in [0.1, 0.15) is 0 Å². The fourth-order valence-corrected chi connectivity index (χ4v) is 2.26. The topological polar surface area (TPSA) is 102 Å². The van der Waals surface area contributed by atoms with E-state index in [0.29, 0.717) is 0 Å². The van der Waals surface area contributed by atoms with Crippen molar-refractivity contribution in [1.82, 2.24) is 0 Å². The molecule has 0 radical (unpaired) electrons. The third-order valence-corrected chi connectivity index (χ3v) is 3.70. The van der Waals surface area contributed by atoms with Crippen LogP contribution >= 0.6 is 23.2 Å². The maximum absolute atomic E-state index is 11.0. The molecule has 1 aromatic carbocycles. The number of halogens is 2. The summed E-state index contributed by atoms with van der Waals surface area (Å²) in [4.78, 5) is 21.4. The van der Waals surface area contributed by atoms with Gasteiger partial charge in [0.05, 0.1) is 34.2 Å². The molecule has 1 aliphatic heterocycles. The van der Waals surface area contributed by atoms with Crippen LogP contribution in [0.5, 0.6) is 0 Å². The number of carboxylic acids is 1. The van der Waals surface area contributed by atoms with Crippen molar-refractivity contribution in [2.45, 2.75) is 6.04 Å². The van der Waals surface area contributed by atoms with Gasteiger partial charge in [-0.15, -0.1) is 0 Å². The van der Waals surface area contributed by atoms with Gasteiger partial charge in [-0.2, -0.15) is 0 Å². The second kappa shape index (κ2) is 5.82. The normalized spacial score (nSPS) is 21.7. The summed E-state index contributed by atoms with van der Waals surface area (Å²) in [6.07, 6.45) is 0. The number of hydrogen-bond donors (Lipinski definition) is 2. The number of nitro groups is 1. The molecule has 1 heterocycles. The van der Waals surface area contributed by atoms with Gasteiger partial charge in [0.2, 0.25) is 0 Å². The van der Waals surface area contributed by atoms with Crippen LogP contribution in [0.3, 0.4) is 0 Å². The Balaban J connectivity index is 2.31. The number of hydrogen-bond acceptors (Lipinski definition) is 5. The molecule has 9 heteroatoms. The molecule has 0 bridgehead atoms. The second-order valence-electron chi connectivity index (χ2n) is 4.27. The molecule has 2 atom stereocenters. The Bertz CT molecular complexity index is 566. The predicted molar refractivity (Wildman–Crippen MR) is 72.5 cm³/mol. The third-order valence-electron chi connectivity index (χ3n) is 2.97. The first kappa shape index (κ1) is 14.8. The zero-order valence-corrected chi connectivity index (χ0v) is 11.5. The van der Waals surface area contributed by atoms with Crippen molar-refractivity contribution in [2.24, 2.45) is 5.92 Å². The summed E-state index contributed by atoms with van der Waals surface area (Å²) in [5.74, 6) is -1.80. The summed E-state index contributed by atoms with van der Waals surface area (Å²) in [6, 6.07) is 1.86. The van der Waals surface area contributed by atoms with Gasteiger partial charge in [0, 0.05) is 6.07 Å². The lowest BCUT2D eigenvalue weighted by Crippen LogP contribution is -2.33. The number of nitrogens with zero attached hydrogens (tertiary/aromatic N) is 1. The number of rotatable bonds is 4. The highest BCUT2D eigenvalue weighted by Gasteiger charge is 2.35. The molecular formula is C11H10Cl2N2O5. The lowest BCUT2D eigenvalue weighted by Gasteiger charge is -2.17. The summed E-state index contributed by atoms with van der Waals surface area (Å²) >= 11 is 11.6. The average molecular weight is 321 g/mol. The minimum Gasteiger partial charge on any atom is -0.481 e. The van der Waals surface area contributed by atoms with Crippen LogP contribution in [0, 0.1) is 16.0 Å². The summed E-state index contributed by atoms with van der Waals surface area (Å²) in [5.41, 5.74) is -0.151. The molecule has 1 saturated heterocycles. The first-order valence-corrected chi connectivity index (χ1v) is 6.36. The Morgan fingerprint density at radius 2 is 2.05 bits per heavy atom. The van der Waals surface area contributed by atoms with E-state index < -0.39 is 22.9 Å². The van der Waals surface area contributed by atoms with Gasteiger partial charge in [-0.3, -0.25) is 14.9 Å². The van der Waals surface area contributed by atoms with E-state index in [2.05, 4.69) is 5.32 Å². The smallest absolute Gasteiger partial charge is 0.311 e. The maximum Gasteiger partial charge on any atom is 0.311 e. The highest BCUT2D eigenvalue weighted by atomic mass is 35.5. The van der Waals surface area contributed by atoms with E-state index in [1.54, 1.807) is 0 Å². The van der Waals surface area contributed by atoms with Crippen LogP contribution in [0.15, 0.2) is 12.1 Å². The molecule has 2 N–H and O–H groups in total. The van der Waals surface area contributed by atoms with Gasteiger partial charge in [-0.25, -0.2) is 0 Å². The quantitative estimate of drug-likeness (QED) is 0.652. The summed E-state index contributed by atoms with van der Waals surface area (Å²) in [5, 5.41) is 23.0. The largest absolute Gasteiger partial charge is 0.481 e. The molecule has 1 aliphatic rings. The fraction of sp³-hybridized carbons (Fsp3) is 0.364. The van der Waals surface area contributed by atoms with Crippen LogP contribution in [0.4, 0.5) is 11.4 Å². The maximum atomic E-state index is 11.0. The lowest BCUT2D eigenvalue weighted by molar-refractivity contribution is -0.384. The van der Waals surface area contributed by atoms with E-state index in [1.165, 1.54) is 6.07 Å². The minimum absolute atomic E-state index is 0.0568. The van der Waals surface area contributed by atoms with Crippen molar-refractivity contribution >= 4 is 40.5 Å². The Kier molecular flexibility index (Phi) is 4.32. The SMILES string of the molecule is O=C(O)C1COCC1Nc1cc(Cl)c(Cl)cc1[N+](=O)[O-]. The van der Waals surface area contributed by atoms with Crippen molar-refractivity contribution in [2.75, 3.05) is 18.5 Å². The van der Waals surface area contributed by atoms with Gasteiger partial charge in [-0.1, -0.05) is 23.2 Å². The minimum atomic E-state index is -1.03. The van der Waals surface area contributed by atoms with E-state index >= 15 is 0 Å². The first-order chi connectivity index (χ1) is 9.40. The Morgan fingerprint density at radius 1 is 1.40 bits per heavy atom. The van der Waals surface area contributed by atoms with E-state index in [9.17, 15) is 14.9 Å². The van der Waals surface area contributed by atoms with Crippen molar-refractivity contribution in [1.29, 1.82) is 0 Å². The molecule has 1 aromatic rings. The van der Waals surface area contributed by atoms with E-state index in [4.69, 9.17) is 33.0 Å². The first-order valence-electron chi connectivity index (χ1n) is 5.60. The molecule has 2 unspecified atom stereocenters. The molecule has 0 spiro atoms. The van der Waals surface area contributed by atoms with Crippen LogP contribution in [0.25, 0.3) is 0 Å². The van der Waals surface area contributed by atoms with Gasteiger partial charge in [0.1, 0.15) is 11.6 Å². The lowest BCUT2D eigenvalue weighted by atomic mass is 10.0. The number of carbonyl (C=O) groups is 1. The van der Waals surface area contributed by atoms with Crippen molar-refractivity contribution in [3.8, 4) is 0 Å². The van der Waals surface area contributed by atoms with Gasteiger partial charge in [0.25, 0.3) is 5.69 Å². The van der Waals surface area contributed by atoms with Gasteiger partial charge in [0.15, 0.2) is 0 Å². The molecule has 1 fully saturated rings. The Hall–Kier alpha value is -1.57. The average Bonchev–Trinajstić information content (AvgIpc) is 2.81.